The summed E-state index contributed by atoms with van der Waals surface area (Å²) in [6, 6.07) is -0.227. The number of carbonyl (C=O) groups is 2. The van der Waals surface area contributed by atoms with Crippen molar-refractivity contribution in [2.45, 2.75) is 32.7 Å². The summed E-state index contributed by atoms with van der Waals surface area (Å²) in [5, 5.41) is 6.99. The van der Waals surface area contributed by atoms with E-state index in [0.29, 0.717) is 23.4 Å². The van der Waals surface area contributed by atoms with E-state index in [1.54, 1.807) is 18.5 Å². The van der Waals surface area contributed by atoms with Gasteiger partial charge in [0, 0.05) is 12.2 Å². The Labute approximate surface area is 135 Å². The number of nitrogens with one attached hydrogen (secondary N) is 1. The Bertz CT molecular complexity index is 723. The van der Waals surface area contributed by atoms with Gasteiger partial charge in [-0.2, -0.15) is 5.10 Å². The molecule has 9 heteroatoms. The molecule has 1 N–H and O–H groups in total. The van der Waals surface area contributed by atoms with Crippen LogP contribution in [0.25, 0.3) is 0 Å². The third kappa shape index (κ3) is 3.90. The molecule has 0 spiro atoms. The molecule has 0 saturated carbocycles. The molecule has 128 valence electrons. The SMILES string of the molecule is COC(=O)CCNC(=O)c1c(C)nn([C@H]2CCS(=O)(=O)C2)c1C. The molecular weight excluding hydrogens is 322 g/mol. The van der Waals surface area contributed by atoms with Gasteiger partial charge in [-0.1, -0.05) is 0 Å². The van der Waals surface area contributed by atoms with Crippen LogP contribution in [-0.2, 0) is 19.4 Å². The van der Waals surface area contributed by atoms with Gasteiger partial charge in [0.05, 0.1) is 42.3 Å². The minimum absolute atomic E-state index is 0.0539. The largest absolute Gasteiger partial charge is 0.469 e. The Morgan fingerprint density at radius 1 is 1.39 bits per heavy atom. The van der Waals surface area contributed by atoms with Gasteiger partial charge in [0.2, 0.25) is 0 Å². The fourth-order valence-electron chi connectivity index (χ4n) is 2.78. The van der Waals surface area contributed by atoms with Crippen LogP contribution in [0.4, 0.5) is 0 Å². The molecule has 1 aromatic heterocycles. The van der Waals surface area contributed by atoms with E-state index in [2.05, 4.69) is 15.2 Å². The Morgan fingerprint density at radius 2 is 2.09 bits per heavy atom. The van der Waals surface area contributed by atoms with Crippen LogP contribution >= 0.6 is 0 Å². The second kappa shape index (κ2) is 6.69. The lowest BCUT2D eigenvalue weighted by Gasteiger charge is -2.11. The molecule has 1 aliphatic heterocycles. The van der Waals surface area contributed by atoms with Crippen molar-refractivity contribution in [3.63, 3.8) is 0 Å². The summed E-state index contributed by atoms with van der Waals surface area (Å²) in [5.41, 5.74) is 1.61. The molecule has 2 heterocycles. The third-order valence-electron chi connectivity index (χ3n) is 3.95. The quantitative estimate of drug-likeness (QED) is 0.763. The molecule has 1 fully saturated rings. The molecule has 0 aliphatic carbocycles. The van der Waals surface area contributed by atoms with Crippen LogP contribution in [0.3, 0.4) is 0 Å². The lowest BCUT2D eigenvalue weighted by atomic mass is 10.1. The summed E-state index contributed by atoms with van der Waals surface area (Å²) in [6.45, 7) is 3.63. The van der Waals surface area contributed by atoms with Gasteiger partial charge >= 0.3 is 5.97 Å². The highest BCUT2D eigenvalue weighted by molar-refractivity contribution is 7.91. The molecule has 1 amide bonds. The Kier molecular flexibility index (Phi) is 5.08. The topological polar surface area (TPSA) is 107 Å². The van der Waals surface area contributed by atoms with Crippen LogP contribution < -0.4 is 5.32 Å². The van der Waals surface area contributed by atoms with E-state index in [0.717, 1.165) is 0 Å². The van der Waals surface area contributed by atoms with Crippen LogP contribution in [0.15, 0.2) is 0 Å². The average molecular weight is 343 g/mol. The molecule has 1 atom stereocenters. The predicted molar refractivity (Wildman–Crippen MR) is 83.0 cm³/mol. The smallest absolute Gasteiger partial charge is 0.307 e. The number of aryl methyl sites for hydroxylation is 1. The number of nitrogens with zero attached hydrogens (tertiary/aromatic N) is 2. The minimum Gasteiger partial charge on any atom is -0.469 e. The van der Waals surface area contributed by atoms with E-state index >= 15 is 0 Å². The maximum absolute atomic E-state index is 12.3. The molecule has 1 saturated heterocycles. The molecule has 1 aliphatic rings. The first-order valence-electron chi connectivity index (χ1n) is 7.36. The summed E-state index contributed by atoms with van der Waals surface area (Å²) in [6.07, 6.45) is 0.600. The number of aromatic nitrogens is 2. The Hall–Kier alpha value is -1.90. The summed E-state index contributed by atoms with van der Waals surface area (Å²) in [7, 11) is -1.73. The van der Waals surface area contributed by atoms with Crippen molar-refractivity contribution >= 4 is 21.7 Å². The van der Waals surface area contributed by atoms with Crippen LogP contribution in [-0.4, -0.2) is 55.2 Å². The number of ether oxygens (including phenoxy) is 1. The second-order valence-corrected chi connectivity index (χ2v) is 7.86. The van der Waals surface area contributed by atoms with Crippen LogP contribution in [0.2, 0.25) is 0 Å². The third-order valence-corrected chi connectivity index (χ3v) is 5.70. The van der Waals surface area contributed by atoms with Gasteiger partial charge in [0.15, 0.2) is 9.84 Å². The zero-order valence-electron chi connectivity index (χ0n) is 13.5. The van der Waals surface area contributed by atoms with Crippen LogP contribution in [0.1, 0.15) is 40.6 Å². The van der Waals surface area contributed by atoms with Crippen molar-refractivity contribution in [2.75, 3.05) is 25.2 Å². The van der Waals surface area contributed by atoms with Crippen molar-refractivity contribution in [1.29, 1.82) is 0 Å². The van der Waals surface area contributed by atoms with Crippen molar-refractivity contribution in [3.8, 4) is 0 Å². The molecule has 0 radical (unpaired) electrons. The maximum Gasteiger partial charge on any atom is 0.307 e. The Balaban J connectivity index is 2.11. The normalized spacial score (nSPS) is 19.5. The molecule has 0 aromatic carbocycles. The number of sulfone groups is 1. The zero-order chi connectivity index (χ0) is 17.2. The highest BCUT2D eigenvalue weighted by Crippen LogP contribution is 2.26. The first-order chi connectivity index (χ1) is 10.7. The number of carbonyl (C=O) groups excluding carboxylic acids is 2. The fourth-order valence-corrected chi connectivity index (χ4v) is 4.48. The van der Waals surface area contributed by atoms with Crippen LogP contribution in [0.5, 0.6) is 0 Å². The first kappa shape index (κ1) is 17.5. The number of hydrogen-bond donors (Lipinski definition) is 1. The lowest BCUT2D eigenvalue weighted by Crippen LogP contribution is -2.27. The highest BCUT2D eigenvalue weighted by atomic mass is 32.2. The number of hydrogen-bond acceptors (Lipinski definition) is 6. The number of rotatable bonds is 5. The van der Waals surface area contributed by atoms with E-state index in [1.165, 1.54) is 7.11 Å². The highest BCUT2D eigenvalue weighted by Gasteiger charge is 2.32. The lowest BCUT2D eigenvalue weighted by molar-refractivity contribution is -0.140. The molecule has 2 rings (SSSR count). The van der Waals surface area contributed by atoms with E-state index < -0.39 is 15.8 Å². The van der Waals surface area contributed by atoms with Gasteiger partial charge in [-0.25, -0.2) is 8.42 Å². The average Bonchev–Trinajstić information content (AvgIpc) is 2.98. The van der Waals surface area contributed by atoms with Crippen molar-refractivity contribution in [2.24, 2.45) is 0 Å². The molecule has 1 aromatic rings. The van der Waals surface area contributed by atoms with Crippen LogP contribution in [0, 0.1) is 13.8 Å². The van der Waals surface area contributed by atoms with Gasteiger partial charge in [-0.15, -0.1) is 0 Å². The fraction of sp³-hybridized carbons (Fsp3) is 0.643. The van der Waals surface area contributed by atoms with Gasteiger partial charge in [0.25, 0.3) is 5.91 Å². The van der Waals surface area contributed by atoms with Gasteiger partial charge in [-0.05, 0) is 20.3 Å². The van der Waals surface area contributed by atoms with Crippen molar-refractivity contribution in [3.05, 3.63) is 17.0 Å². The monoisotopic (exact) mass is 343 g/mol. The molecule has 0 bridgehead atoms. The molecule has 0 unspecified atom stereocenters. The summed E-state index contributed by atoms with van der Waals surface area (Å²) >= 11 is 0. The van der Waals surface area contributed by atoms with E-state index in [9.17, 15) is 18.0 Å². The van der Waals surface area contributed by atoms with Crippen molar-refractivity contribution in [1.82, 2.24) is 15.1 Å². The first-order valence-corrected chi connectivity index (χ1v) is 9.18. The summed E-state index contributed by atoms with van der Waals surface area (Å²) in [4.78, 5) is 23.3. The zero-order valence-corrected chi connectivity index (χ0v) is 14.3. The number of methoxy groups -OCH3 is 1. The van der Waals surface area contributed by atoms with Gasteiger partial charge < -0.3 is 10.1 Å². The van der Waals surface area contributed by atoms with E-state index in [4.69, 9.17) is 0 Å². The maximum atomic E-state index is 12.3. The molecular formula is C14H21N3O5S. The Morgan fingerprint density at radius 3 is 2.65 bits per heavy atom. The minimum atomic E-state index is -3.02. The van der Waals surface area contributed by atoms with Gasteiger partial charge in [-0.3, -0.25) is 14.3 Å². The molecule has 8 nitrogen and oxygen atoms in total. The number of amides is 1. The van der Waals surface area contributed by atoms with E-state index in [-0.39, 0.29) is 36.4 Å². The van der Waals surface area contributed by atoms with Gasteiger partial charge in [0.1, 0.15) is 0 Å². The van der Waals surface area contributed by atoms with Crippen molar-refractivity contribution < 1.29 is 22.7 Å². The summed E-state index contributed by atoms with van der Waals surface area (Å²) < 4.78 is 29.4. The summed E-state index contributed by atoms with van der Waals surface area (Å²) in [5.74, 6) is -0.517. The molecule has 23 heavy (non-hydrogen) atoms. The standard InChI is InChI=1S/C14H21N3O5S/c1-9-13(14(19)15-6-4-12(18)22-3)10(2)17(16-9)11-5-7-23(20,21)8-11/h11H,4-8H2,1-3H3,(H,15,19)/t11-/m0/s1. The number of esters is 1. The predicted octanol–water partition coefficient (Wildman–Crippen LogP) is 0.152. The second-order valence-electron chi connectivity index (χ2n) is 5.63. The van der Waals surface area contributed by atoms with E-state index in [1.807, 2.05) is 0 Å².